The Bertz CT molecular complexity index is 482. The van der Waals surface area contributed by atoms with Gasteiger partial charge < -0.3 is 15.2 Å². The van der Waals surface area contributed by atoms with Crippen molar-refractivity contribution < 1.29 is 14.6 Å². The summed E-state index contributed by atoms with van der Waals surface area (Å²) in [5, 5.41) is 13.0. The van der Waals surface area contributed by atoms with Crippen molar-refractivity contribution in [1.29, 1.82) is 0 Å². The minimum absolute atomic E-state index is 0.00971. The summed E-state index contributed by atoms with van der Waals surface area (Å²) in [6.45, 7) is 2.58. The summed E-state index contributed by atoms with van der Waals surface area (Å²) in [7, 11) is 0. The minimum Gasteiger partial charge on any atom is -0.492 e. The van der Waals surface area contributed by atoms with E-state index in [9.17, 15) is 9.90 Å². The van der Waals surface area contributed by atoms with Crippen LogP contribution in [0.5, 0.6) is 5.75 Å². The van der Waals surface area contributed by atoms with Crippen LogP contribution in [0.2, 0.25) is 0 Å². The standard InChI is InChI=1S/C16H22N2O3/c19-15(10-18-11-16(20,12-18)13-6-7-13)17-8-9-21-14-4-2-1-3-5-14/h1-5,13,20H,6-12H2,(H,17,19). The van der Waals surface area contributed by atoms with Gasteiger partial charge in [-0.3, -0.25) is 9.69 Å². The van der Waals surface area contributed by atoms with Crippen molar-refractivity contribution in [2.24, 2.45) is 5.92 Å². The number of ether oxygens (including phenoxy) is 1. The molecule has 2 fully saturated rings. The van der Waals surface area contributed by atoms with E-state index in [0.717, 1.165) is 18.6 Å². The molecule has 3 rings (SSSR count). The number of nitrogens with zero attached hydrogens (tertiary/aromatic N) is 1. The van der Waals surface area contributed by atoms with E-state index >= 15 is 0 Å². The molecule has 1 saturated carbocycles. The first kappa shape index (κ1) is 14.4. The van der Waals surface area contributed by atoms with Gasteiger partial charge in [0.05, 0.1) is 18.7 Å². The van der Waals surface area contributed by atoms with Gasteiger partial charge in [0.1, 0.15) is 12.4 Å². The molecule has 1 amide bonds. The Kier molecular flexibility index (Phi) is 4.12. The number of β-amino-alcohol motifs (C(OH)–C–C–N with tert-alkyl or cyclic N) is 1. The molecule has 21 heavy (non-hydrogen) atoms. The third-order valence-electron chi connectivity index (χ3n) is 4.14. The summed E-state index contributed by atoms with van der Waals surface area (Å²) in [6.07, 6.45) is 2.26. The highest BCUT2D eigenvalue weighted by molar-refractivity contribution is 5.78. The van der Waals surface area contributed by atoms with Gasteiger partial charge >= 0.3 is 0 Å². The first-order valence-electron chi connectivity index (χ1n) is 7.55. The number of carbonyl (C=O) groups excluding carboxylic acids is 1. The zero-order chi connectivity index (χ0) is 14.7. The summed E-state index contributed by atoms with van der Waals surface area (Å²) >= 11 is 0. The Morgan fingerprint density at radius 3 is 2.71 bits per heavy atom. The Hall–Kier alpha value is -1.59. The molecule has 0 radical (unpaired) electrons. The molecule has 1 aliphatic heterocycles. The van der Waals surface area contributed by atoms with Crippen LogP contribution in [-0.2, 0) is 4.79 Å². The summed E-state index contributed by atoms with van der Waals surface area (Å²) in [5.41, 5.74) is -0.517. The minimum atomic E-state index is -0.517. The average Bonchev–Trinajstić information content (AvgIpc) is 3.28. The molecule has 0 aromatic heterocycles. The highest BCUT2D eigenvalue weighted by Crippen LogP contribution is 2.44. The van der Waals surface area contributed by atoms with Crippen molar-refractivity contribution in [1.82, 2.24) is 10.2 Å². The monoisotopic (exact) mass is 290 g/mol. The second-order valence-electron chi connectivity index (χ2n) is 6.03. The van der Waals surface area contributed by atoms with Crippen LogP contribution >= 0.6 is 0 Å². The molecule has 0 spiro atoms. The number of rotatable bonds is 7. The van der Waals surface area contributed by atoms with Gasteiger partial charge in [-0.2, -0.15) is 0 Å². The average molecular weight is 290 g/mol. The van der Waals surface area contributed by atoms with E-state index in [1.807, 2.05) is 35.2 Å². The highest BCUT2D eigenvalue weighted by Gasteiger charge is 2.51. The van der Waals surface area contributed by atoms with Gasteiger partial charge in [-0.25, -0.2) is 0 Å². The molecule has 114 valence electrons. The first-order valence-corrected chi connectivity index (χ1v) is 7.55. The summed E-state index contributed by atoms with van der Waals surface area (Å²) < 4.78 is 5.51. The maximum Gasteiger partial charge on any atom is 0.234 e. The van der Waals surface area contributed by atoms with Crippen molar-refractivity contribution >= 4 is 5.91 Å². The number of nitrogens with one attached hydrogen (secondary N) is 1. The molecule has 5 nitrogen and oxygen atoms in total. The zero-order valence-corrected chi connectivity index (χ0v) is 12.1. The van der Waals surface area contributed by atoms with Gasteiger partial charge in [-0.15, -0.1) is 0 Å². The van der Waals surface area contributed by atoms with E-state index in [4.69, 9.17) is 4.74 Å². The number of likely N-dealkylation sites (tertiary alicyclic amines) is 1. The van der Waals surface area contributed by atoms with E-state index in [-0.39, 0.29) is 5.91 Å². The fraction of sp³-hybridized carbons (Fsp3) is 0.562. The van der Waals surface area contributed by atoms with Crippen LogP contribution in [0.15, 0.2) is 30.3 Å². The number of aliphatic hydroxyl groups is 1. The van der Waals surface area contributed by atoms with Crippen molar-refractivity contribution in [3.05, 3.63) is 30.3 Å². The van der Waals surface area contributed by atoms with Gasteiger partial charge in [0.25, 0.3) is 0 Å². The van der Waals surface area contributed by atoms with Crippen molar-refractivity contribution in [3.8, 4) is 5.75 Å². The summed E-state index contributed by atoms with van der Waals surface area (Å²) in [4.78, 5) is 13.8. The van der Waals surface area contributed by atoms with Gasteiger partial charge in [0.2, 0.25) is 5.91 Å². The lowest BCUT2D eigenvalue weighted by molar-refractivity contribution is -0.136. The molecule has 5 heteroatoms. The zero-order valence-electron chi connectivity index (χ0n) is 12.1. The number of benzene rings is 1. The molecule has 1 heterocycles. The Morgan fingerprint density at radius 1 is 1.33 bits per heavy atom. The van der Waals surface area contributed by atoms with Crippen LogP contribution in [0.4, 0.5) is 0 Å². The van der Waals surface area contributed by atoms with E-state index < -0.39 is 5.60 Å². The molecule has 0 atom stereocenters. The highest BCUT2D eigenvalue weighted by atomic mass is 16.5. The van der Waals surface area contributed by atoms with Crippen LogP contribution < -0.4 is 10.1 Å². The lowest BCUT2D eigenvalue weighted by Gasteiger charge is -2.46. The smallest absolute Gasteiger partial charge is 0.234 e. The van der Waals surface area contributed by atoms with Crippen LogP contribution in [0.1, 0.15) is 12.8 Å². The first-order chi connectivity index (χ1) is 10.2. The molecule has 1 aromatic carbocycles. The number of hydrogen-bond donors (Lipinski definition) is 2. The van der Waals surface area contributed by atoms with Crippen LogP contribution in [0.3, 0.4) is 0 Å². The SMILES string of the molecule is O=C(CN1CC(O)(C2CC2)C1)NCCOc1ccccc1. The number of hydrogen-bond acceptors (Lipinski definition) is 4. The van der Waals surface area contributed by atoms with Gasteiger partial charge in [0.15, 0.2) is 0 Å². The second-order valence-corrected chi connectivity index (χ2v) is 6.03. The number of amides is 1. The van der Waals surface area contributed by atoms with Crippen molar-refractivity contribution in [2.45, 2.75) is 18.4 Å². The van der Waals surface area contributed by atoms with Gasteiger partial charge in [-0.1, -0.05) is 18.2 Å². The second kappa shape index (κ2) is 6.03. The molecule has 0 unspecified atom stereocenters. The fourth-order valence-corrected chi connectivity index (χ4v) is 2.85. The van der Waals surface area contributed by atoms with Crippen LogP contribution in [-0.4, -0.2) is 54.3 Å². The Labute approximate surface area is 124 Å². The van der Waals surface area contributed by atoms with E-state index in [1.165, 1.54) is 0 Å². The molecule has 2 aliphatic rings. The largest absolute Gasteiger partial charge is 0.492 e. The third kappa shape index (κ3) is 3.74. The molecule has 2 N–H and O–H groups in total. The maximum atomic E-state index is 11.8. The predicted molar refractivity (Wildman–Crippen MR) is 79.1 cm³/mol. The Morgan fingerprint density at radius 2 is 2.05 bits per heavy atom. The fourth-order valence-electron chi connectivity index (χ4n) is 2.85. The van der Waals surface area contributed by atoms with Gasteiger partial charge in [0, 0.05) is 13.1 Å². The quantitative estimate of drug-likeness (QED) is 0.723. The molecule has 0 bridgehead atoms. The van der Waals surface area contributed by atoms with E-state index in [0.29, 0.717) is 38.7 Å². The topological polar surface area (TPSA) is 61.8 Å². The molecular formula is C16H22N2O3. The molecular weight excluding hydrogens is 268 g/mol. The number of para-hydroxylation sites is 1. The van der Waals surface area contributed by atoms with Crippen molar-refractivity contribution in [3.63, 3.8) is 0 Å². The van der Waals surface area contributed by atoms with Crippen molar-refractivity contribution in [2.75, 3.05) is 32.8 Å². The molecule has 1 aromatic rings. The maximum absolute atomic E-state index is 11.8. The van der Waals surface area contributed by atoms with E-state index in [2.05, 4.69) is 5.32 Å². The Balaban J connectivity index is 1.27. The lowest BCUT2D eigenvalue weighted by atomic mass is 9.89. The lowest BCUT2D eigenvalue weighted by Crippen LogP contribution is -2.64. The molecule has 1 saturated heterocycles. The summed E-state index contributed by atoms with van der Waals surface area (Å²) in [5.74, 6) is 1.27. The summed E-state index contributed by atoms with van der Waals surface area (Å²) in [6, 6.07) is 9.54. The van der Waals surface area contributed by atoms with Crippen LogP contribution in [0.25, 0.3) is 0 Å². The molecule has 1 aliphatic carbocycles. The van der Waals surface area contributed by atoms with Crippen LogP contribution in [0, 0.1) is 5.92 Å². The third-order valence-corrected chi connectivity index (χ3v) is 4.14. The number of carbonyl (C=O) groups is 1. The van der Waals surface area contributed by atoms with Gasteiger partial charge in [-0.05, 0) is 30.9 Å². The predicted octanol–water partition coefficient (Wildman–Crippen LogP) is 0.638. The van der Waals surface area contributed by atoms with E-state index in [1.54, 1.807) is 0 Å². The normalized spacial score (nSPS) is 20.6.